The van der Waals surface area contributed by atoms with Crippen molar-refractivity contribution in [2.45, 2.75) is 5.92 Å². The highest BCUT2D eigenvalue weighted by atomic mass is 16.6. The van der Waals surface area contributed by atoms with Gasteiger partial charge in [0.1, 0.15) is 12.4 Å². The topological polar surface area (TPSA) is 88.2 Å². The highest BCUT2D eigenvalue weighted by molar-refractivity contribution is 6.04. The van der Waals surface area contributed by atoms with E-state index in [0.717, 1.165) is 11.0 Å². The van der Waals surface area contributed by atoms with Crippen molar-refractivity contribution in [1.82, 2.24) is 9.55 Å². The van der Waals surface area contributed by atoms with Crippen molar-refractivity contribution in [2.75, 3.05) is 18.1 Å². The van der Waals surface area contributed by atoms with E-state index in [9.17, 15) is 14.9 Å². The molecular weight excluding hydrogens is 344 g/mol. The fourth-order valence-corrected chi connectivity index (χ4v) is 3.28. The third kappa shape index (κ3) is 2.81. The number of carbonyl (C=O) groups excluding carboxylic acids is 2. The Labute approximate surface area is 155 Å². The number of fused-ring (bicyclic) bond motifs is 1. The maximum absolute atomic E-state index is 13.0. The molecule has 1 amide bonds. The predicted octanol–water partition coefficient (Wildman–Crippen LogP) is 3.02. The van der Waals surface area contributed by atoms with Gasteiger partial charge in [-0.05, 0) is 24.3 Å². The number of amides is 1. The van der Waals surface area contributed by atoms with Gasteiger partial charge in [-0.1, -0.05) is 24.3 Å². The fraction of sp³-hybridized carbons (Fsp3) is 0.200. The van der Waals surface area contributed by atoms with Crippen LogP contribution in [0.25, 0.3) is 11.0 Å². The summed E-state index contributed by atoms with van der Waals surface area (Å²) in [6, 6.07) is 16.2. The number of ketones is 1. The van der Waals surface area contributed by atoms with Gasteiger partial charge in [-0.25, -0.2) is 9.78 Å². The molecule has 0 radical (unpaired) electrons. The van der Waals surface area contributed by atoms with Gasteiger partial charge < -0.3 is 9.30 Å². The number of ether oxygens (including phenoxy) is 1. The van der Waals surface area contributed by atoms with Crippen LogP contribution < -0.4 is 4.90 Å². The van der Waals surface area contributed by atoms with E-state index >= 15 is 0 Å². The van der Waals surface area contributed by atoms with Crippen molar-refractivity contribution in [2.24, 2.45) is 7.05 Å². The molecule has 1 unspecified atom stereocenters. The number of para-hydroxylation sites is 2. The van der Waals surface area contributed by atoms with Crippen molar-refractivity contribution in [3.8, 4) is 6.07 Å². The average Bonchev–Trinajstić information content (AvgIpc) is 3.26. The van der Waals surface area contributed by atoms with Gasteiger partial charge in [0.05, 0.1) is 23.6 Å². The summed E-state index contributed by atoms with van der Waals surface area (Å²) in [6.07, 6.45) is -0.438. The Morgan fingerprint density at radius 1 is 1.26 bits per heavy atom. The fourth-order valence-electron chi connectivity index (χ4n) is 3.28. The Morgan fingerprint density at radius 2 is 2.07 bits per heavy atom. The largest absolute Gasteiger partial charge is 0.447 e. The smallest absolute Gasteiger partial charge is 0.414 e. The lowest BCUT2D eigenvalue weighted by atomic mass is 9.97. The van der Waals surface area contributed by atoms with E-state index in [-0.39, 0.29) is 5.78 Å². The molecule has 1 atom stereocenters. The normalized spacial score (nSPS) is 14.8. The van der Waals surface area contributed by atoms with Crippen LogP contribution >= 0.6 is 0 Å². The molecular formula is C20H16N4O3. The van der Waals surface area contributed by atoms with E-state index in [1.54, 1.807) is 35.9 Å². The number of carbonyl (C=O) groups is 2. The van der Waals surface area contributed by atoms with Gasteiger partial charge in [0, 0.05) is 18.3 Å². The minimum atomic E-state index is -1.04. The van der Waals surface area contributed by atoms with Crippen molar-refractivity contribution >= 4 is 28.6 Å². The summed E-state index contributed by atoms with van der Waals surface area (Å²) in [6.45, 7) is 0.751. The molecule has 0 bridgehead atoms. The van der Waals surface area contributed by atoms with Crippen LogP contribution in [0.3, 0.4) is 0 Å². The van der Waals surface area contributed by atoms with Crippen LogP contribution in [0.1, 0.15) is 22.1 Å². The number of aryl methyl sites for hydroxylation is 1. The molecule has 1 aliphatic rings. The molecule has 0 N–H and O–H groups in total. The van der Waals surface area contributed by atoms with Crippen LogP contribution in [0.5, 0.6) is 0 Å². The first-order chi connectivity index (χ1) is 13.1. The Hall–Kier alpha value is -3.66. The number of hydrogen-bond acceptors (Lipinski definition) is 5. The molecule has 7 nitrogen and oxygen atoms in total. The molecule has 1 aliphatic heterocycles. The van der Waals surface area contributed by atoms with Crippen LogP contribution in [-0.4, -0.2) is 34.6 Å². The minimum Gasteiger partial charge on any atom is -0.447 e. The molecule has 0 saturated carbocycles. The van der Waals surface area contributed by atoms with Gasteiger partial charge in [-0.3, -0.25) is 9.69 Å². The highest BCUT2D eigenvalue weighted by Gasteiger charge is 2.29. The molecule has 7 heteroatoms. The molecule has 2 aromatic carbocycles. The number of nitriles is 1. The number of anilines is 1. The molecule has 0 spiro atoms. The second-order valence-corrected chi connectivity index (χ2v) is 6.26. The molecule has 2 heterocycles. The van der Waals surface area contributed by atoms with Crippen LogP contribution in [0.4, 0.5) is 10.5 Å². The highest BCUT2D eigenvalue weighted by Crippen LogP contribution is 2.26. The van der Waals surface area contributed by atoms with Gasteiger partial charge in [0.2, 0.25) is 0 Å². The minimum absolute atomic E-state index is 0.317. The van der Waals surface area contributed by atoms with Crippen LogP contribution in [-0.2, 0) is 11.8 Å². The molecule has 3 aromatic rings. The van der Waals surface area contributed by atoms with Gasteiger partial charge in [0.25, 0.3) is 0 Å². The standard InChI is InChI=1S/C20H16N4O3/c1-23-17-8-3-2-7-16(17)22-19(23)15(12-21)18(25)13-5-4-6-14(11-13)24-9-10-27-20(24)26/h2-8,11,15H,9-10H2,1H3. The molecule has 0 aliphatic carbocycles. The second-order valence-electron chi connectivity index (χ2n) is 6.26. The molecule has 134 valence electrons. The van der Waals surface area contributed by atoms with Crippen LogP contribution in [0, 0.1) is 11.3 Å². The predicted molar refractivity (Wildman–Crippen MR) is 98.5 cm³/mol. The Balaban J connectivity index is 1.71. The van der Waals surface area contributed by atoms with E-state index in [1.807, 2.05) is 24.3 Å². The first-order valence-electron chi connectivity index (χ1n) is 8.49. The summed E-state index contributed by atoms with van der Waals surface area (Å²) in [7, 11) is 1.79. The van der Waals surface area contributed by atoms with Gasteiger partial charge in [0.15, 0.2) is 11.7 Å². The number of imidazole rings is 1. The van der Waals surface area contributed by atoms with Crippen molar-refractivity contribution in [3.63, 3.8) is 0 Å². The van der Waals surface area contributed by atoms with Gasteiger partial charge in [-0.15, -0.1) is 0 Å². The van der Waals surface area contributed by atoms with Gasteiger partial charge in [-0.2, -0.15) is 5.26 Å². The molecule has 27 heavy (non-hydrogen) atoms. The first kappa shape index (κ1) is 16.8. The molecule has 1 saturated heterocycles. The number of cyclic esters (lactones) is 1. The van der Waals surface area contributed by atoms with Gasteiger partial charge >= 0.3 is 6.09 Å². The van der Waals surface area contributed by atoms with Crippen LogP contribution in [0.2, 0.25) is 0 Å². The number of rotatable bonds is 4. The zero-order chi connectivity index (χ0) is 19.0. The lowest BCUT2D eigenvalue weighted by molar-refractivity contribution is 0.0975. The van der Waals surface area contributed by atoms with Crippen molar-refractivity contribution < 1.29 is 14.3 Å². The van der Waals surface area contributed by atoms with Crippen molar-refractivity contribution in [1.29, 1.82) is 5.26 Å². The average molecular weight is 360 g/mol. The summed E-state index contributed by atoms with van der Waals surface area (Å²) < 4.78 is 6.71. The Kier molecular flexibility index (Phi) is 4.09. The number of nitrogens with zero attached hydrogens (tertiary/aromatic N) is 4. The molecule has 4 rings (SSSR count). The van der Waals surface area contributed by atoms with Crippen LogP contribution in [0.15, 0.2) is 48.5 Å². The second kappa shape index (κ2) is 6.57. The number of aromatic nitrogens is 2. The van der Waals surface area contributed by atoms with Crippen molar-refractivity contribution in [3.05, 3.63) is 59.9 Å². The van der Waals surface area contributed by atoms with E-state index in [2.05, 4.69) is 11.1 Å². The summed E-state index contributed by atoms with van der Waals surface area (Å²) in [4.78, 5) is 30.8. The summed E-state index contributed by atoms with van der Waals surface area (Å²) in [5.74, 6) is -0.997. The molecule has 1 aromatic heterocycles. The van der Waals surface area contributed by atoms with E-state index in [4.69, 9.17) is 4.74 Å². The molecule has 1 fully saturated rings. The third-order valence-electron chi connectivity index (χ3n) is 4.67. The maximum atomic E-state index is 13.0. The summed E-state index contributed by atoms with van der Waals surface area (Å²) in [5, 5.41) is 9.67. The summed E-state index contributed by atoms with van der Waals surface area (Å²) in [5.41, 5.74) is 2.52. The maximum Gasteiger partial charge on any atom is 0.414 e. The Bertz CT molecular complexity index is 1100. The van der Waals surface area contributed by atoms with E-state index in [1.165, 1.54) is 4.90 Å². The lowest BCUT2D eigenvalue weighted by Crippen LogP contribution is -2.23. The number of hydrogen-bond donors (Lipinski definition) is 0. The van der Waals surface area contributed by atoms with E-state index < -0.39 is 12.0 Å². The number of benzene rings is 2. The first-order valence-corrected chi connectivity index (χ1v) is 8.49. The Morgan fingerprint density at radius 3 is 2.78 bits per heavy atom. The quantitative estimate of drug-likeness (QED) is 0.667. The van der Waals surface area contributed by atoms with E-state index in [0.29, 0.717) is 30.2 Å². The summed E-state index contributed by atoms with van der Waals surface area (Å²) >= 11 is 0. The lowest BCUT2D eigenvalue weighted by Gasteiger charge is -2.14. The number of Topliss-reactive ketones (excluding diaryl/α,β-unsaturated/α-hetero) is 1. The SMILES string of the molecule is Cn1c(C(C#N)C(=O)c2cccc(N3CCOC3=O)c2)nc2ccccc21. The zero-order valence-electron chi connectivity index (χ0n) is 14.6. The monoisotopic (exact) mass is 360 g/mol. The zero-order valence-corrected chi connectivity index (χ0v) is 14.6. The third-order valence-corrected chi connectivity index (χ3v) is 4.67.